The van der Waals surface area contributed by atoms with Crippen LogP contribution in [0.5, 0.6) is 0 Å². The van der Waals surface area contributed by atoms with Gasteiger partial charge in [-0.2, -0.15) is 0 Å². The summed E-state index contributed by atoms with van der Waals surface area (Å²) in [7, 11) is 0. The van der Waals surface area contributed by atoms with E-state index in [1.54, 1.807) is 0 Å². The Morgan fingerprint density at radius 1 is 1.67 bits per heavy atom. The van der Waals surface area contributed by atoms with Crippen LogP contribution in [-0.4, -0.2) is 24.3 Å². The van der Waals surface area contributed by atoms with Crippen molar-refractivity contribution in [2.24, 2.45) is 5.73 Å². The van der Waals surface area contributed by atoms with Crippen molar-refractivity contribution in [3.05, 3.63) is 0 Å². The monoisotopic (exact) mass is 172 g/mol. The zero-order valence-electron chi connectivity index (χ0n) is 7.59. The van der Waals surface area contributed by atoms with Gasteiger partial charge in [-0.3, -0.25) is 0 Å². The van der Waals surface area contributed by atoms with Gasteiger partial charge in [0.05, 0.1) is 6.10 Å². The van der Waals surface area contributed by atoms with Gasteiger partial charge in [-0.25, -0.2) is 4.79 Å². The van der Waals surface area contributed by atoms with Crippen molar-refractivity contribution in [2.75, 3.05) is 6.54 Å². The number of hydrogen-bond acceptors (Lipinski definition) is 3. The maximum atomic E-state index is 10.9. The lowest BCUT2D eigenvalue weighted by Crippen LogP contribution is -2.39. The average molecular weight is 172 g/mol. The highest BCUT2D eigenvalue weighted by molar-refractivity contribution is 5.67. The van der Waals surface area contributed by atoms with Gasteiger partial charge in [-0.1, -0.05) is 0 Å². The second kappa shape index (κ2) is 3.31. The third-order valence-corrected chi connectivity index (χ3v) is 1.82. The van der Waals surface area contributed by atoms with Crippen molar-refractivity contribution in [1.82, 2.24) is 5.32 Å². The number of amides is 1. The summed E-state index contributed by atoms with van der Waals surface area (Å²) in [5, 5.41) is 2.63. The second-order valence-corrected chi connectivity index (χ2v) is 3.67. The molecule has 12 heavy (non-hydrogen) atoms. The summed E-state index contributed by atoms with van der Waals surface area (Å²) in [6.45, 7) is 4.16. The molecule has 0 unspecified atom stereocenters. The number of carbonyl (C=O) groups is 1. The molecule has 0 aromatic heterocycles. The topological polar surface area (TPSA) is 64.3 Å². The number of alkyl carbamates (subject to hydrolysis) is 1. The third-order valence-electron chi connectivity index (χ3n) is 1.82. The normalized spacial score (nSPS) is 19.0. The molecule has 1 rings (SSSR count). The Morgan fingerprint density at radius 3 is 2.67 bits per heavy atom. The van der Waals surface area contributed by atoms with E-state index < -0.39 is 0 Å². The van der Waals surface area contributed by atoms with Gasteiger partial charge in [0.15, 0.2) is 0 Å². The van der Waals surface area contributed by atoms with Crippen molar-refractivity contribution in [1.29, 1.82) is 0 Å². The smallest absolute Gasteiger partial charge is 0.407 e. The van der Waals surface area contributed by atoms with E-state index in [0.29, 0.717) is 6.54 Å². The number of ether oxygens (including phenoxy) is 1. The zero-order chi connectivity index (χ0) is 9.19. The number of rotatable bonds is 3. The van der Waals surface area contributed by atoms with Crippen molar-refractivity contribution in [3.8, 4) is 0 Å². The molecule has 0 radical (unpaired) electrons. The van der Waals surface area contributed by atoms with E-state index in [1.807, 2.05) is 13.8 Å². The average Bonchev–Trinajstić information content (AvgIpc) is 2.64. The first kappa shape index (κ1) is 9.32. The SMILES string of the molecule is CC(C)OC(=O)NCC1(N)CC1. The fourth-order valence-corrected chi connectivity index (χ4v) is 0.841. The minimum atomic E-state index is -0.373. The van der Waals surface area contributed by atoms with Crippen LogP contribution in [-0.2, 0) is 4.74 Å². The molecule has 70 valence electrons. The molecule has 1 aliphatic carbocycles. The van der Waals surface area contributed by atoms with Crippen molar-refractivity contribution < 1.29 is 9.53 Å². The van der Waals surface area contributed by atoms with Crippen LogP contribution in [0.25, 0.3) is 0 Å². The number of nitrogens with one attached hydrogen (secondary N) is 1. The van der Waals surface area contributed by atoms with Crippen LogP contribution in [0.3, 0.4) is 0 Å². The molecule has 1 fully saturated rings. The molecule has 0 saturated heterocycles. The molecule has 1 aliphatic rings. The summed E-state index contributed by atoms with van der Waals surface area (Å²) in [6, 6.07) is 0. The molecule has 0 heterocycles. The Hall–Kier alpha value is -0.770. The van der Waals surface area contributed by atoms with Gasteiger partial charge in [-0.05, 0) is 26.7 Å². The summed E-state index contributed by atoms with van der Waals surface area (Å²) in [5.41, 5.74) is 5.61. The molecule has 0 spiro atoms. The Morgan fingerprint density at radius 2 is 2.25 bits per heavy atom. The predicted molar refractivity (Wildman–Crippen MR) is 45.8 cm³/mol. The van der Waals surface area contributed by atoms with Crippen molar-refractivity contribution in [2.45, 2.75) is 38.3 Å². The predicted octanol–water partition coefficient (Wildman–Crippen LogP) is 0.612. The van der Waals surface area contributed by atoms with Gasteiger partial charge in [0, 0.05) is 12.1 Å². The molecule has 0 aliphatic heterocycles. The molecule has 4 heteroatoms. The molecular weight excluding hydrogens is 156 g/mol. The van der Waals surface area contributed by atoms with E-state index in [-0.39, 0.29) is 17.7 Å². The number of carbonyl (C=O) groups excluding carboxylic acids is 1. The minimum absolute atomic E-state index is 0.0714. The van der Waals surface area contributed by atoms with Crippen LogP contribution < -0.4 is 11.1 Å². The van der Waals surface area contributed by atoms with Crippen molar-refractivity contribution in [3.63, 3.8) is 0 Å². The largest absolute Gasteiger partial charge is 0.447 e. The maximum Gasteiger partial charge on any atom is 0.407 e. The van der Waals surface area contributed by atoms with Crippen LogP contribution in [0.4, 0.5) is 4.79 Å². The highest BCUT2D eigenvalue weighted by Crippen LogP contribution is 2.30. The summed E-state index contributed by atoms with van der Waals surface area (Å²) >= 11 is 0. The first-order valence-electron chi connectivity index (χ1n) is 4.25. The Kier molecular flexibility index (Phi) is 2.57. The highest BCUT2D eigenvalue weighted by Gasteiger charge is 2.38. The van der Waals surface area contributed by atoms with Crippen molar-refractivity contribution >= 4 is 6.09 Å². The van der Waals surface area contributed by atoms with Gasteiger partial charge < -0.3 is 15.8 Å². The molecule has 0 aromatic carbocycles. The number of hydrogen-bond donors (Lipinski definition) is 2. The maximum absolute atomic E-state index is 10.9. The standard InChI is InChI=1S/C8H16N2O2/c1-6(2)12-7(11)10-5-8(9)3-4-8/h6H,3-5,9H2,1-2H3,(H,10,11). The Balaban J connectivity index is 2.10. The third kappa shape index (κ3) is 3.09. The molecular formula is C8H16N2O2. The Bertz CT molecular complexity index is 176. The van der Waals surface area contributed by atoms with E-state index in [2.05, 4.69) is 5.32 Å². The molecule has 0 atom stereocenters. The summed E-state index contributed by atoms with van der Waals surface area (Å²) in [6.07, 6.45) is 1.55. The van der Waals surface area contributed by atoms with Crippen LogP contribution in [0, 0.1) is 0 Å². The van der Waals surface area contributed by atoms with Crippen LogP contribution in [0.2, 0.25) is 0 Å². The summed E-state index contributed by atoms with van der Waals surface area (Å²) < 4.78 is 4.87. The van der Waals surface area contributed by atoms with Gasteiger partial charge in [0.2, 0.25) is 0 Å². The fourth-order valence-electron chi connectivity index (χ4n) is 0.841. The highest BCUT2D eigenvalue weighted by atomic mass is 16.6. The fraction of sp³-hybridized carbons (Fsp3) is 0.875. The lowest BCUT2D eigenvalue weighted by molar-refractivity contribution is 0.115. The zero-order valence-corrected chi connectivity index (χ0v) is 7.59. The van der Waals surface area contributed by atoms with Crippen LogP contribution >= 0.6 is 0 Å². The molecule has 0 bridgehead atoms. The molecule has 1 amide bonds. The van der Waals surface area contributed by atoms with E-state index in [4.69, 9.17) is 10.5 Å². The molecule has 4 nitrogen and oxygen atoms in total. The molecule has 0 aromatic rings. The van der Waals surface area contributed by atoms with Gasteiger partial charge in [0.25, 0.3) is 0 Å². The van der Waals surface area contributed by atoms with E-state index >= 15 is 0 Å². The van der Waals surface area contributed by atoms with Crippen LogP contribution in [0.1, 0.15) is 26.7 Å². The van der Waals surface area contributed by atoms with Gasteiger partial charge >= 0.3 is 6.09 Å². The van der Waals surface area contributed by atoms with E-state index in [0.717, 1.165) is 12.8 Å². The van der Waals surface area contributed by atoms with Crippen LogP contribution in [0.15, 0.2) is 0 Å². The Labute approximate surface area is 72.5 Å². The first-order chi connectivity index (χ1) is 5.52. The summed E-state index contributed by atoms with van der Waals surface area (Å²) in [4.78, 5) is 10.9. The summed E-state index contributed by atoms with van der Waals surface area (Å²) in [5.74, 6) is 0. The quantitative estimate of drug-likeness (QED) is 0.655. The second-order valence-electron chi connectivity index (χ2n) is 3.67. The van der Waals surface area contributed by atoms with Gasteiger partial charge in [-0.15, -0.1) is 0 Å². The number of nitrogens with two attached hydrogens (primary N) is 1. The molecule has 3 N–H and O–H groups in total. The lowest BCUT2D eigenvalue weighted by atomic mass is 10.3. The van der Waals surface area contributed by atoms with E-state index in [9.17, 15) is 4.79 Å². The van der Waals surface area contributed by atoms with Gasteiger partial charge in [0.1, 0.15) is 0 Å². The first-order valence-corrected chi connectivity index (χ1v) is 4.25. The lowest BCUT2D eigenvalue weighted by Gasteiger charge is -2.12. The molecule has 1 saturated carbocycles. The minimum Gasteiger partial charge on any atom is -0.447 e. The van der Waals surface area contributed by atoms with E-state index in [1.165, 1.54) is 0 Å².